The number of amides is 1. The molecule has 0 spiro atoms. The summed E-state index contributed by atoms with van der Waals surface area (Å²) >= 11 is 0. The highest BCUT2D eigenvalue weighted by molar-refractivity contribution is 5.82. The van der Waals surface area contributed by atoms with E-state index in [9.17, 15) is 4.79 Å². The van der Waals surface area contributed by atoms with E-state index in [0.717, 1.165) is 0 Å². The van der Waals surface area contributed by atoms with Crippen LogP contribution in [0, 0.1) is 0 Å². The molecule has 0 aliphatic heterocycles. The summed E-state index contributed by atoms with van der Waals surface area (Å²) in [7, 11) is 3.05. The molecule has 9 heteroatoms. The van der Waals surface area contributed by atoms with Gasteiger partial charge in [-0.2, -0.15) is 4.98 Å². The minimum Gasteiger partial charge on any atom is -0.479 e. The number of fused-ring (bicyclic) bond motifs is 1. The predicted molar refractivity (Wildman–Crippen MR) is 71.2 cm³/mol. The van der Waals surface area contributed by atoms with Crippen LogP contribution in [0.15, 0.2) is 6.33 Å². The number of ether oxygens (including phenoxy) is 2. The number of nitrogens with zero attached hydrogens (tertiary/aromatic N) is 4. The molecule has 2 rings (SSSR count). The Hall–Kier alpha value is -2.42. The standard InChI is InChI=1S/C11H16N6O3/c1-19-4-3-13-7(18)5-17-9-8(16-11(17)12)10(20-2)15-6-14-9/h6H,3-5H2,1-2H3,(H2,12,16)(H,13,18). The molecule has 0 aliphatic rings. The summed E-state index contributed by atoms with van der Waals surface area (Å²) in [5.41, 5.74) is 6.69. The number of carbonyl (C=O) groups excluding carboxylic acids is 1. The van der Waals surface area contributed by atoms with Gasteiger partial charge in [0, 0.05) is 13.7 Å². The fraction of sp³-hybridized carbons (Fsp3) is 0.455. The van der Waals surface area contributed by atoms with Gasteiger partial charge in [-0.3, -0.25) is 9.36 Å². The molecule has 1 amide bonds. The van der Waals surface area contributed by atoms with Gasteiger partial charge >= 0.3 is 0 Å². The molecular weight excluding hydrogens is 264 g/mol. The van der Waals surface area contributed by atoms with Crippen LogP contribution >= 0.6 is 0 Å². The van der Waals surface area contributed by atoms with Gasteiger partial charge < -0.3 is 20.5 Å². The first-order valence-corrected chi connectivity index (χ1v) is 5.93. The van der Waals surface area contributed by atoms with Gasteiger partial charge in [0.05, 0.1) is 13.7 Å². The van der Waals surface area contributed by atoms with Crippen LogP contribution in [-0.4, -0.2) is 52.8 Å². The number of carbonyl (C=O) groups is 1. The third-order valence-electron chi connectivity index (χ3n) is 2.65. The van der Waals surface area contributed by atoms with Crippen molar-refractivity contribution in [3.8, 4) is 5.88 Å². The second-order valence-corrected chi connectivity index (χ2v) is 3.95. The number of imidazole rings is 1. The molecule has 0 saturated heterocycles. The highest BCUT2D eigenvalue weighted by Gasteiger charge is 2.16. The Morgan fingerprint density at radius 3 is 2.95 bits per heavy atom. The Labute approximate surface area is 115 Å². The number of rotatable bonds is 6. The largest absolute Gasteiger partial charge is 0.479 e. The number of methoxy groups -OCH3 is 2. The second kappa shape index (κ2) is 6.15. The van der Waals surface area contributed by atoms with Crippen LogP contribution in [0.1, 0.15) is 0 Å². The molecule has 0 fully saturated rings. The zero-order chi connectivity index (χ0) is 14.5. The van der Waals surface area contributed by atoms with Crippen molar-refractivity contribution in [2.45, 2.75) is 6.54 Å². The third-order valence-corrected chi connectivity index (χ3v) is 2.65. The summed E-state index contributed by atoms with van der Waals surface area (Å²) in [6.45, 7) is 0.897. The molecule has 2 heterocycles. The predicted octanol–water partition coefficient (Wildman–Crippen LogP) is -0.820. The summed E-state index contributed by atoms with van der Waals surface area (Å²) in [6, 6.07) is 0. The highest BCUT2D eigenvalue weighted by Crippen LogP contribution is 2.22. The van der Waals surface area contributed by atoms with Crippen molar-refractivity contribution < 1.29 is 14.3 Å². The molecule has 0 aliphatic carbocycles. The average Bonchev–Trinajstić information content (AvgIpc) is 2.75. The van der Waals surface area contributed by atoms with E-state index >= 15 is 0 Å². The summed E-state index contributed by atoms with van der Waals surface area (Å²) < 4.78 is 11.4. The van der Waals surface area contributed by atoms with Gasteiger partial charge in [0.1, 0.15) is 12.9 Å². The molecule has 20 heavy (non-hydrogen) atoms. The van der Waals surface area contributed by atoms with E-state index in [2.05, 4.69) is 20.3 Å². The maximum Gasteiger partial charge on any atom is 0.245 e. The Balaban J connectivity index is 2.22. The van der Waals surface area contributed by atoms with Gasteiger partial charge in [0.15, 0.2) is 11.2 Å². The summed E-state index contributed by atoms with van der Waals surface area (Å²) in [6.07, 6.45) is 1.33. The van der Waals surface area contributed by atoms with E-state index in [1.54, 1.807) is 7.11 Å². The molecule has 9 nitrogen and oxygen atoms in total. The van der Waals surface area contributed by atoms with Crippen LogP contribution in [0.25, 0.3) is 11.2 Å². The molecule has 0 aromatic carbocycles. The molecule has 2 aromatic heterocycles. The molecular formula is C11H16N6O3. The molecule has 108 valence electrons. The lowest BCUT2D eigenvalue weighted by molar-refractivity contribution is -0.121. The summed E-state index contributed by atoms with van der Waals surface area (Å²) in [5, 5.41) is 2.70. The molecule has 2 aromatic rings. The molecule has 3 N–H and O–H groups in total. The first kappa shape index (κ1) is 14.0. The third kappa shape index (κ3) is 2.77. The van der Waals surface area contributed by atoms with Crippen LogP contribution in [0.4, 0.5) is 5.95 Å². The van der Waals surface area contributed by atoms with Crippen LogP contribution < -0.4 is 15.8 Å². The Morgan fingerprint density at radius 1 is 1.45 bits per heavy atom. The van der Waals surface area contributed by atoms with Crippen molar-refractivity contribution in [3.05, 3.63) is 6.33 Å². The minimum atomic E-state index is -0.203. The number of hydrogen-bond donors (Lipinski definition) is 2. The maximum absolute atomic E-state index is 11.8. The second-order valence-electron chi connectivity index (χ2n) is 3.95. The van der Waals surface area contributed by atoms with E-state index in [0.29, 0.717) is 30.2 Å². The van der Waals surface area contributed by atoms with Gasteiger partial charge in [-0.05, 0) is 0 Å². The lowest BCUT2D eigenvalue weighted by atomic mass is 10.5. The number of nitrogen functional groups attached to an aromatic ring is 1. The van der Waals surface area contributed by atoms with Crippen molar-refractivity contribution >= 4 is 23.0 Å². The Bertz CT molecular complexity index is 611. The van der Waals surface area contributed by atoms with Gasteiger partial charge in [-0.15, -0.1) is 0 Å². The topological polar surface area (TPSA) is 117 Å². The van der Waals surface area contributed by atoms with Crippen molar-refractivity contribution in [3.63, 3.8) is 0 Å². The van der Waals surface area contributed by atoms with Crippen LogP contribution in [0.3, 0.4) is 0 Å². The molecule has 0 bridgehead atoms. The Morgan fingerprint density at radius 2 is 2.25 bits per heavy atom. The summed E-state index contributed by atoms with van der Waals surface area (Å²) in [4.78, 5) is 23.9. The number of nitrogens with one attached hydrogen (secondary N) is 1. The smallest absolute Gasteiger partial charge is 0.245 e. The van der Waals surface area contributed by atoms with E-state index < -0.39 is 0 Å². The SMILES string of the molecule is COCCNC(=O)Cn1c(N)nc2c(OC)ncnc21. The van der Waals surface area contributed by atoms with Gasteiger partial charge in [0.25, 0.3) is 0 Å². The van der Waals surface area contributed by atoms with Crippen LogP contribution in [0.5, 0.6) is 5.88 Å². The number of hydrogen-bond acceptors (Lipinski definition) is 7. The molecule has 0 atom stereocenters. The van der Waals surface area contributed by atoms with E-state index in [4.69, 9.17) is 15.2 Å². The van der Waals surface area contributed by atoms with Gasteiger partial charge in [0.2, 0.25) is 17.7 Å². The van der Waals surface area contributed by atoms with Crippen LogP contribution in [-0.2, 0) is 16.1 Å². The van der Waals surface area contributed by atoms with Gasteiger partial charge in [-0.1, -0.05) is 0 Å². The lowest BCUT2D eigenvalue weighted by Crippen LogP contribution is -2.30. The minimum absolute atomic E-state index is 0.0201. The zero-order valence-corrected chi connectivity index (χ0v) is 11.3. The maximum atomic E-state index is 11.8. The average molecular weight is 280 g/mol. The van der Waals surface area contributed by atoms with Gasteiger partial charge in [-0.25, -0.2) is 9.97 Å². The fourth-order valence-corrected chi connectivity index (χ4v) is 1.73. The van der Waals surface area contributed by atoms with Crippen molar-refractivity contribution in [1.29, 1.82) is 0 Å². The van der Waals surface area contributed by atoms with E-state index in [1.165, 1.54) is 18.0 Å². The van der Waals surface area contributed by atoms with E-state index in [1.807, 2.05) is 0 Å². The van der Waals surface area contributed by atoms with Crippen molar-refractivity contribution in [2.75, 3.05) is 33.1 Å². The van der Waals surface area contributed by atoms with Crippen molar-refractivity contribution in [2.24, 2.45) is 0 Å². The lowest BCUT2D eigenvalue weighted by Gasteiger charge is -2.07. The first-order chi connectivity index (χ1) is 9.67. The monoisotopic (exact) mass is 280 g/mol. The first-order valence-electron chi connectivity index (χ1n) is 5.93. The summed E-state index contributed by atoms with van der Waals surface area (Å²) in [5.74, 6) is 0.298. The number of aromatic nitrogens is 4. The molecule has 0 saturated carbocycles. The van der Waals surface area contributed by atoms with Crippen molar-refractivity contribution in [1.82, 2.24) is 24.8 Å². The quantitative estimate of drug-likeness (QED) is 0.664. The molecule has 0 radical (unpaired) electrons. The fourth-order valence-electron chi connectivity index (χ4n) is 1.73. The van der Waals surface area contributed by atoms with Crippen LogP contribution in [0.2, 0.25) is 0 Å². The highest BCUT2D eigenvalue weighted by atomic mass is 16.5. The van der Waals surface area contributed by atoms with E-state index in [-0.39, 0.29) is 18.4 Å². The number of nitrogens with two attached hydrogens (primary N) is 1. The number of anilines is 1. The molecule has 0 unspecified atom stereocenters. The normalized spacial score (nSPS) is 10.7. The zero-order valence-electron chi connectivity index (χ0n) is 11.3. The Kier molecular flexibility index (Phi) is 4.31.